The maximum absolute atomic E-state index is 11.9. The fourth-order valence-corrected chi connectivity index (χ4v) is 2.77. The van der Waals surface area contributed by atoms with Crippen LogP contribution in [0.4, 0.5) is 0 Å². The molecule has 0 bridgehead atoms. The molecule has 1 heterocycles. The van der Waals surface area contributed by atoms with Gasteiger partial charge in [-0.25, -0.2) is 0 Å². The van der Waals surface area contributed by atoms with Gasteiger partial charge in [0.2, 0.25) is 5.91 Å². The van der Waals surface area contributed by atoms with Gasteiger partial charge in [0.05, 0.1) is 5.41 Å². The fourth-order valence-electron chi connectivity index (χ4n) is 2.77. The molecule has 0 spiro atoms. The number of carbonyl (C=O) groups is 1. The van der Waals surface area contributed by atoms with Gasteiger partial charge >= 0.3 is 0 Å². The van der Waals surface area contributed by atoms with E-state index in [1.54, 1.807) is 7.05 Å². The zero-order valence-electron chi connectivity index (χ0n) is 12.6. The van der Waals surface area contributed by atoms with E-state index in [1.807, 2.05) is 19.1 Å². The van der Waals surface area contributed by atoms with Crippen LogP contribution in [0.2, 0.25) is 0 Å². The predicted octanol–water partition coefficient (Wildman–Crippen LogP) is 0.988. The van der Waals surface area contributed by atoms with E-state index in [4.69, 9.17) is 5.11 Å². The topological polar surface area (TPSA) is 52.6 Å². The number of amides is 1. The van der Waals surface area contributed by atoms with Crippen molar-refractivity contribution in [2.24, 2.45) is 5.41 Å². The summed E-state index contributed by atoms with van der Waals surface area (Å²) in [6.07, 6.45) is 0.896. The Kier molecular flexibility index (Phi) is 5.00. The lowest BCUT2D eigenvalue weighted by atomic mass is 9.89. The van der Waals surface area contributed by atoms with Crippen LogP contribution in [0.25, 0.3) is 0 Å². The van der Waals surface area contributed by atoms with Crippen LogP contribution >= 0.6 is 0 Å². The van der Waals surface area contributed by atoms with E-state index in [2.05, 4.69) is 34.2 Å². The first-order chi connectivity index (χ1) is 10.1. The first-order valence-corrected chi connectivity index (χ1v) is 7.20. The molecule has 2 N–H and O–H groups in total. The Balaban J connectivity index is 1.96. The molecule has 0 aromatic heterocycles. The van der Waals surface area contributed by atoms with Crippen LogP contribution in [0, 0.1) is 17.3 Å². The smallest absolute Gasteiger partial charge is 0.227 e. The third kappa shape index (κ3) is 3.84. The Morgan fingerprint density at radius 2 is 2.14 bits per heavy atom. The second-order valence-corrected chi connectivity index (χ2v) is 5.76. The first kappa shape index (κ1) is 15.6. The maximum Gasteiger partial charge on any atom is 0.227 e. The highest BCUT2D eigenvalue weighted by Crippen LogP contribution is 2.30. The van der Waals surface area contributed by atoms with Gasteiger partial charge < -0.3 is 10.4 Å². The van der Waals surface area contributed by atoms with E-state index in [0.717, 1.165) is 31.6 Å². The molecule has 1 fully saturated rings. The normalized spacial score (nSPS) is 21.7. The Hall–Kier alpha value is -1.83. The van der Waals surface area contributed by atoms with Crippen LogP contribution in [0.1, 0.15) is 24.5 Å². The molecule has 0 saturated carbocycles. The van der Waals surface area contributed by atoms with Crippen molar-refractivity contribution in [3.63, 3.8) is 0 Å². The largest absolute Gasteiger partial charge is 0.384 e. The second-order valence-electron chi connectivity index (χ2n) is 5.76. The van der Waals surface area contributed by atoms with Gasteiger partial charge in [0.1, 0.15) is 6.61 Å². The Morgan fingerprint density at radius 3 is 2.76 bits per heavy atom. The number of nitrogens with zero attached hydrogens (tertiary/aromatic N) is 1. The second kappa shape index (κ2) is 6.75. The summed E-state index contributed by atoms with van der Waals surface area (Å²) in [6.45, 7) is 4.49. The van der Waals surface area contributed by atoms with Gasteiger partial charge in [0.25, 0.3) is 0 Å². The summed E-state index contributed by atoms with van der Waals surface area (Å²) in [7, 11) is 1.70. The number of rotatable bonds is 3. The molecule has 0 radical (unpaired) electrons. The third-order valence-electron chi connectivity index (χ3n) is 4.00. The highest BCUT2D eigenvalue weighted by atomic mass is 16.2. The molecule has 1 saturated heterocycles. The molecule has 1 aliphatic heterocycles. The number of hydrogen-bond acceptors (Lipinski definition) is 3. The number of hydrogen-bond donors (Lipinski definition) is 2. The van der Waals surface area contributed by atoms with Crippen molar-refractivity contribution in [1.82, 2.24) is 10.2 Å². The summed E-state index contributed by atoms with van der Waals surface area (Å²) in [6, 6.07) is 8.03. The lowest BCUT2D eigenvalue weighted by Gasteiger charge is -2.22. The summed E-state index contributed by atoms with van der Waals surface area (Å²) in [5, 5.41) is 11.4. The SMILES string of the molecule is CNC(=O)C1(C)CCN(Cc2ccc(C#CCO)cc2)C1. The van der Waals surface area contributed by atoms with E-state index in [-0.39, 0.29) is 17.9 Å². The van der Waals surface area contributed by atoms with Crippen molar-refractivity contribution in [3.05, 3.63) is 35.4 Å². The molecule has 0 aliphatic carbocycles. The highest BCUT2D eigenvalue weighted by Gasteiger charge is 2.39. The first-order valence-electron chi connectivity index (χ1n) is 7.20. The van der Waals surface area contributed by atoms with Crippen LogP contribution in [-0.4, -0.2) is 42.7 Å². The van der Waals surface area contributed by atoms with E-state index in [0.29, 0.717) is 0 Å². The van der Waals surface area contributed by atoms with Gasteiger partial charge in [0, 0.05) is 25.7 Å². The molecule has 1 atom stereocenters. The minimum absolute atomic E-state index is 0.117. The van der Waals surface area contributed by atoms with Gasteiger partial charge in [0.15, 0.2) is 0 Å². The predicted molar refractivity (Wildman–Crippen MR) is 82.5 cm³/mol. The summed E-state index contributed by atoms with van der Waals surface area (Å²) in [5.74, 6) is 5.65. The monoisotopic (exact) mass is 286 g/mol. The minimum atomic E-state index is -0.276. The van der Waals surface area contributed by atoms with Crippen molar-refractivity contribution in [1.29, 1.82) is 0 Å². The maximum atomic E-state index is 11.9. The molecule has 4 nitrogen and oxygen atoms in total. The van der Waals surface area contributed by atoms with E-state index < -0.39 is 0 Å². The number of carbonyl (C=O) groups excluding carboxylic acids is 1. The third-order valence-corrected chi connectivity index (χ3v) is 4.00. The van der Waals surface area contributed by atoms with Gasteiger partial charge in [-0.15, -0.1) is 0 Å². The van der Waals surface area contributed by atoms with Crippen LogP contribution in [0.5, 0.6) is 0 Å². The van der Waals surface area contributed by atoms with Gasteiger partial charge in [-0.1, -0.05) is 24.0 Å². The quantitative estimate of drug-likeness (QED) is 0.815. The summed E-state index contributed by atoms with van der Waals surface area (Å²) in [4.78, 5) is 14.2. The van der Waals surface area contributed by atoms with E-state index in [9.17, 15) is 4.79 Å². The molecular weight excluding hydrogens is 264 g/mol. The van der Waals surface area contributed by atoms with Crippen molar-refractivity contribution in [2.45, 2.75) is 19.9 Å². The Bertz CT molecular complexity index is 556. The van der Waals surface area contributed by atoms with Crippen molar-refractivity contribution in [3.8, 4) is 11.8 Å². The van der Waals surface area contributed by atoms with Crippen LogP contribution in [0.15, 0.2) is 24.3 Å². The zero-order chi connectivity index (χ0) is 15.3. The van der Waals surface area contributed by atoms with Gasteiger partial charge in [-0.3, -0.25) is 9.69 Å². The lowest BCUT2D eigenvalue weighted by molar-refractivity contribution is -0.129. The number of likely N-dealkylation sites (tertiary alicyclic amines) is 1. The van der Waals surface area contributed by atoms with Crippen LogP contribution < -0.4 is 5.32 Å². The minimum Gasteiger partial charge on any atom is -0.384 e. The molecule has 1 aromatic rings. The summed E-state index contributed by atoms with van der Waals surface area (Å²) in [5.41, 5.74) is 1.84. The van der Waals surface area contributed by atoms with E-state index >= 15 is 0 Å². The average Bonchev–Trinajstić information content (AvgIpc) is 2.88. The van der Waals surface area contributed by atoms with Crippen molar-refractivity contribution >= 4 is 5.91 Å². The van der Waals surface area contributed by atoms with Crippen molar-refractivity contribution < 1.29 is 9.90 Å². The van der Waals surface area contributed by atoms with Crippen molar-refractivity contribution in [2.75, 3.05) is 26.7 Å². The molecule has 2 rings (SSSR count). The number of nitrogens with one attached hydrogen (secondary N) is 1. The van der Waals surface area contributed by atoms with E-state index in [1.165, 1.54) is 5.56 Å². The summed E-state index contributed by atoms with van der Waals surface area (Å²) >= 11 is 0. The molecule has 4 heteroatoms. The van der Waals surface area contributed by atoms with Gasteiger partial charge in [-0.2, -0.15) is 0 Å². The molecule has 1 amide bonds. The standard InChI is InChI=1S/C17H22N2O2/c1-17(16(21)18-2)9-10-19(13-17)12-15-7-5-14(6-8-15)4-3-11-20/h5-8,20H,9-13H2,1-2H3,(H,18,21). The molecule has 21 heavy (non-hydrogen) atoms. The number of benzene rings is 1. The zero-order valence-corrected chi connectivity index (χ0v) is 12.6. The van der Waals surface area contributed by atoms with Crippen LogP contribution in [0.3, 0.4) is 0 Å². The Labute approximate surface area is 126 Å². The summed E-state index contributed by atoms with van der Waals surface area (Å²) < 4.78 is 0. The molecule has 1 aromatic carbocycles. The molecule has 1 aliphatic rings. The highest BCUT2D eigenvalue weighted by molar-refractivity contribution is 5.82. The Morgan fingerprint density at radius 1 is 1.43 bits per heavy atom. The lowest BCUT2D eigenvalue weighted by Crippen LogP contribution is -2.39. The number of aliphatic hydroxyl groups is 1. The van der Waals surface area contributed by atoms with Gasteiger partial charge in [-0.05, 0) is 37.6 Å². The fraction of sp³-hybridized carbons (Fsp3) is 0.471. The van der Waals surface area contributed by atoms with Crippen LogP contribution in [-0.2, 0) is 11.3 Å². The molecule has 112 valence electrons. The molecular formula is C17H22N2O2. The number of aliphatic hydroxyl groups excluding tert-OH is 1. The molecule has 1 unspecified atom stereocenters. The average molecular weight is 286 g/mol.